The van der Waals surface area contributed by atoms with Crippen molar-refractivity contribution in [1.29, 1.82) is 0 Å². The van der Waals surface area contributed by atoms with E-state index in [1.165, 1.54) is 0 Å². The van der Waals surface area contributed by atoms with E-state index in [1.54, 1.807) is 44.4 Å². The first-order valence-electron chi connectivity index (χ1n) is 8.55. The van der Waals surface area contributed by atoms with Gasteiger partial charge in [0.2, 0.25) is 5.91 Å². The molecule has 0 fully saturated rings. The molecule has 27 heavy (non-hydrogen) atoms. The Morgan fingerprint density at radius 3 is 2.44 bits per heavy atom. The van der Waals surface area contributed by atoms with Crippen LogP contribution in [0.2, 0.25) is 0 Å². The first-order chi connectivity index (χ1) is 13.1. The lowest BCUT2D eigenvalue weighted by Crippen LogP contribution is -2.24. The minimum Gasteiger partial charge on any atom is -0.497 e. The molecule has 0 saturated heterocycles. The molecule has 1 amide bonds. The molecule has 5 heteroatoms. The van der Waals surface area contributed by atoms with Crippen LogP contribution in [0.4, 0.5) is 0 Å². The summed E-state index contributed by atoms with van der Waals surface area (Å²) in [6.07, 6.45) is 4.97. The summed E-state index contributed by atoms with van der Waals surface area (Å²) in [5.41, 5.74) is 1.88. The van der Waals surface area contributed by atoms with Gasteiger partial charge in [0.1, 0.15) is 12.4 Å². The lowest BCUT2D eigenvalue weighted by Gasteiger charge is -2.15. The van der Waals surface area contributed by atoms with Gasteiger partial charge < -0.3 is 19.1 Å². The Morgan fingerprint density at radius 1 is 1.07 bits per heavy atom. The summed E-state index contributed by atoms with van der Waals surface area (Å²) in [6, 6.07) is 13.2. The van der Waals surface area contributed by atoms with Crippen LogP contribution < -0.4 is 14.2 Å². The van der Waals surface area contributed by atoms with Gasteiger partial charge in [0.15, 0.2) is 11.5 Å². The highest BCUT2D eigenvalue weighted by Crippen LogP contribution is 2.28. The van der Waals surface area contributed by atoms with Crippen molar-refractivity contribution in [3.05, 3.63) is 72.3 Å². The second-order valence-electron chi connectivity index (χ2n) is 5.89. The normalized spacial score (nSPS) is 10.5. The van der Waals surface area contributed by atoms with Crippen LogP contribution in [0, 0.1) is 0 Å². The van der Waals surface area contributed by atoms with Crippen LogP contribution in [0.1, 0.15) is 11.1 Å². The smallest absolute Gasteiger partial charge is 0.246 e. The maximum absolute atomic E-state index is 12.4. The monoisotopic (exact) mass is 367 g/mol. The van der Waals surface area contributed by atoms with Gasteiger partial charge in [0.05, 0.1) is 14.2 Å². The number of hydrogen-bond donors (Lipinski definition) is 0. The third kappa shape index (κ3) is 5.92. The quantitative estimate of drug-likeness (QED) is 0.498. The Morgan fingerprint density at radius 2 is 1.81 bits per heavy atom. The standard InChI is InChI=1S/C22H25NO4/c1-5-14-27-20-12-8-17(15-21(20)26-4)9-13-22(24)23(2)16-18-6-10-19(25-3)11-7-18/h5-13,15H,1,14,16H2,2-4H3/b13-9+. The zero-order valence-electron chi connectivity index (χ0n) is 16.0. The van der Waals surface area contributed by atoms with Gasteiger partial charge in [-0.3, -0.25) is 4.79 Å². The average molecular weight is 367 g/mol. The number of rotatable bonds is 9. The van der Waals surface area contributed by atoms with Crippen LogP contribution in [0.5, 0.6) is 17.2 Å². The Bertz CT molecular complexity index is 796. The van der Waals surface area contributed by atoms with Crippen molar-refractivity contribution in [3.63, 3.8) is 0 Å². The van der Waals surface area contributed by atoms with E-state index >= 15 is 0 Å². The SMILES string of the molecule is C=CCOc1ccc(/C=C/C(=O)N(C)Cc2ccc(OC)cc2)cc1OC. The van der Waals surface area contributed by atoms with Crippen molar-refractivity contribution < 1.29 is 19.0 Å². The van der Waals surface area contributed by atoms with Gasteiger partial charge in [0.25, 0.3) is 0 Å². The van der Waals surface area contributed by atoms with Crippen molar-refractivity contribution in [2.24, 2.45) is 0 Å². The molecule has 2 aromatic carbocycles. The molecule has 0 bridgehead atoms. The molecular formula is C22H25NO4. The van der Waals surface area contributed by atoms with Crippen LogP contribution in [0.3, 0.4) is 0 Å². The van der Waals surface area contributed by atoms with Gasteiger partial charge in [-0.05, 0) is 41.5 Å². The third-order valence-corrected chi connectivity index (χ3v) is 3.92. The minimum atomic E-state index is -0.0863. The summed E-state index contributed by atoms with van der Waals surface area (Å²) >= 11 is 0. The van der Waals surface area contributed by atoms with Crippen molar-refractivity contribution in [3.8, 4) is 17.2 Å². The summed E-state index contributed by atoms with van der Waals surface area (Å²) in [7, 11) is 4.98. The van der Waals surface area contributed by atoms with Crippen LogP contribution in [0.25, 0.3) is 6.08 Å². The fourth-order valence-corrected chi connectivity index (χ4v) is 2.43. The van der Waals surface area contributed by atoms with Crippen LogP contribution in [-0.2, 0) is 11.3 Å². The molecule has 2 aromatic rings. The van der Waals surface area contributed by atoms with Crippen molar-refractivity contribution >= 4 is 12.0 Å². The van der Waals surface area contributed by atoms with E-state index in [4.69, 9.17) is 14.2 Å². The van der Waals surface area contributed by atoms with E-state index in [9.17, 15) is 4.79 Å². The number of likely N-dealkylation sites (N-methyl/N-ethyl adjacent to an activating group) is 1. The van der Waals surface area contributed by atoms with E-state index in [0.29, 0.717) is 24.7 Å². The number of hydrogen-bond acceptors (Lipinski definition) is 4. The van der Waals surface area contributed by atoms with Gasteiger partial charge in [0, 0.05) is 19.7 Å². The highest BCUT2D eigenvalue weighted by Gasteiger charge is 2.07. The Labute approximate surface area is 160 Å². The molecule has 0 radical (unpaired) electrons. The highest BCUT2D eigenvalue weighted by molar-refractivity contribution is 5.91. The lowest BCUT2D eigenvalue weighted by molar-refractivity contribution is -0.125. The third-order valence-electron chi connectivity index (χ3n) is 3.92. The van der Waals surface area contributed by atoms with Crippen molar-refractivity contribution in [2.45, 2.75) is 6.54 Å². The molecule has 0 N–H and O–H groups in total. The molecular weight excluding hydrogens is 342 g/mol. The molecule has 0 atom stereocenters. The summed E-state index contributed by atoms with van der Waals surface area (Å²) in [5.74, 6) is 1.95. The predicted octanol–water partition coefficient (Wildman–Crippen LogP) is 3.94. The van der Waals surface area contributed by atoms with Gasteiger partial charge in [-0.15, -0.1) is 0 Å². The van der Waals surface area contributed by atoms with Crippen molar-refractivity contribution in [1.82, 2.24) is 4.90 Å². The molecule has 142 valence electrons. The van der Waals surface area contributed by atoms with Crippen LogP contribution >= 0.6 is 0 Å². The fourth-order valence-electron chi connectivity index (χ4n) is 2.43. The Hall–Kier alpha value is -3.21. The summed E-state index contributed by atoms with van der Waals surface area (Å²) in [5, 5.41) is 0. The molecule has 0 unspecified atom stereocenters. The number of carbonyl (C=O) groups excluding carboxylic acids is 1. The second kappa shape index (κ2) is 10.1. The zero-order valence-corrected chi connectivity index (χ0v) is 16.0. The zero-order chi connectivity index (χ0) is 19.6. The van der Waals surface area contributed by atoms with E-state index < -0.39 is 0 Å². The van der Waals surface area contributed by atoms with E-state index in [0.717, 1.165) is 16.9 Å². The summed E-state index contributed by atoms with van der Waals surface area (Å²) < 4.78 is 16.0. The molecule has 0 aliphatic carbocycles. The molecule has 0 heterocycles. The maximum atomic E-state index is 12.4. The highest BCUT2D eigenvalue weighted by atomic mass is 16.5. The molecule has 0 spiro atoms. The topological polar surface area (TPSA) is 48.0 Å². The second-order valence-corrected chi connectivity index (χ2v) is 5.89. The molecule has 0 aromatic heterocycles. The molecule has 0 aliphatic heterocycles. The average Bonchev–Trinajstić information content (AvgIpc) is 2.71. The number of amides is 1. The summed E-state index contributed by atoms with van der Waals surface area (Å²) in [4.78, 5) is 14.0. The largest absolute Gasteiger partial charge is 0.497 e. The van der Waals surface area contributed by atoms with Crippen molar-refractivity contribution in [2.75, 3.05) is 27.9 Å². The first-order valence-corrected chi connectivity index (χ1v) is 8.55. The fraction of sp³-hybridized carbons (Fsp3) is 0.227. The Balaban J connectivity index is 2.00. The number of nitrogens with zero attached hydrogens (tertiary/aromatic N) is 1. The van der Waals surface area contributed by atoms with Crippen LogP contribution in [0.15, 0.2) is 61.2 Å². The van der Waals surface area contributed by atoms with Gasteiger partial charge in [-0.25, -0.2) is 0 Å². The van der Waals surface area contributed by atoms with E-state index in [2.05, 4.69) is 6.58 Å². The first kappa shape index (κ1) is 20.1. The number of benzene rings is 2. The van der Waals surface area contributed by atoms with Crippen LogP contribution in [-0.4, -0.2) is 38.7 Å². The van der Waals surface area contributed by atoms with E-state index in [-0.39, 0.29) is 5.91 Å². The van der Waals surface area contributed by atoms with Gasteiger partial charge in [-0.2, -0.15) is 0 Å². The maximum Gasteiger partial charge on any atom is 0.246 e. The molecule has 0 saturated carbocycles. The lowest BCUT2D eigenvalue weighted by atomic mass is 10.1. The summed E-state index contributed by atoms with van der Waals surface area (Å²) in [6.45, 7) is 4.55. The number of carbonyl (C=O) groups is 1. The number of methoxy groups -OCH3 is 2. The minimum absolute atomic E-state index is 0.0863. The number of ether oxygens (including phenoxy) is 3. The predicted molar refractivity (Wildman–Crippen MR) is 107 cm³/mol. The van der Waals surface area contributed by atoms with Gasteiger partial charge in [-0.1, -0.05) is 30.9 Å². The van der Waals surface area contributed by atoms with E-state index in [1.807, 2.05) is 42.5 Å². The molecule has 0 aliphatic rings. The van der Waals surface area contributed by atoms with Gasteiger partial charge >= 0.3 is 0 Å². The Kier molecular flexibility index (Phi) is 7.49. The molecule has 2 rings (SSSR count). The molecule has 5 nitrogen and oxygen atoms in total.